The summed E-state index contributed by atoms with van der Waals surface area (Å²) in [7, 11) is 0. The van der Waals surface area contributed by atoms with Crippen LogP contribution < -0.4 is 9.92 Å². The molecule has 0 saturated heterocycles. The molecule has 8 heteroatoms. The molecule has 0 spiro atoms. The fourth-order valence-electron chi connectivity index (χ4n) is 0.881. The Morgan fingerprint density at radius 2 is 2.29 bits per heavy atom. The Hall–Kier alpha value is -1.67. The minimum atomic E-state index is -0.719. The van der Waals surface area contributed by atoms with E-state index in [1.807, 2.05) is 0 Å². The number of aliphatic hydroxyl groups is 2. The Balaban J connectivity index is 2.87. The lowest BCUT2D eigenvalue weighted by Gasteiger charge is -1.95. The van der Waals surface area contributed by atoms with Gasteiger partial charge in [0.25, 0.3) is 0 Å². The average molecular weight is 204 g/mol. The second-order valence-electron chi connectivity index (χ2n) is 2.42. The van der Waals surface area contributed by atoms with Gasteiger partial charge in [-0.3, -0.25) is 4.79 Å². The maximum Gasteiger partial charge on any atom is 0.334 e. The molecule has 0 aliphatic carbocycles. The SMILES string of the molecule is O=C(NCCO)c1c(CO)[nH]o[n+]1=O. The van der Waals surface area contributed by atoms with Gasteiger partial charge in [0.15, 0.2) is 4.60 Å². The molecule has 0 aliphatic heterocycles. The summed E-state index contributed by atoms with van der Waals surface area (Å²) >= 11 is 0. The molecule has 0 atom stereocenters. The third-order valence-electron chi connectivity index (χ3n) is 1.49. The highest BCUT2D eigenvalue weighted by molar-refractivity contribution is 5.91. The van der Waals surface area contributed by atoms with Crippen molar-refractivity contribution in [2.45, 2.75) is 6.61 Å². The number of hydrogen-bond acceptors (Lipinski definition) is 5. The van der Waals surface area contributed by atoms with Crippen molar-refractivity contribution in [3.63, 3.8) is 0 Å². The molecule has 14 heavy (non-hydrogen) atoms. The molecule has 0 radical (unpaired) electrons. The lowest BCUT2D eigenvalue weighted by atomic mass is 10.3. The molecule has 1 aromatic heterocycles. The van der Waals surface area contributed by atoms with Crippen molar-refractivity contribution >= 4 is 5.91 Å². The van der Waals surface area contributed by atoms with E-state index in [-0.39, 0.29) is 29.1 Å². The van der Waals surface area contributed by atoms with Crippen LogP contribution >= 0.6 is 0 Å². The van der Waals surface area contributed by atoms with Crippen molar-refractivity contribution in [3.8, 4) is 0 Å². The third kappa shape index (κ3) is 1.98. The van der Waals surface area contributed by atoms with Gasteiger partial charge in [-0.2, -0.15) is 0 Å². The maximum atomic E-state index is 11.2. The molecule has 0 bridgehead atoms. The number of aromatic nitrogens is 2. The van der Waals surface area contributed by atoms with Gasteiger partial charge in [0.2, 0.25) is 5.69 Å². The van der Waals surface area contributed by atoms with Gasteiger partial charge in [0.05, 0.1) is 6.61 Å². The summed E-state index contributed by atoms with van der Waals surface area (Å²) in [4.78, 5) is 22.1. The van der Waals surface area contributed by atoms with Gasteiger partial charge >= 0.3 is 11.6 Å². The van der Waals surface area contributed by atoms with Crippen molar-refractivity contribution in [1.29, 1.82) is 0 Å². The number of nitrogens with one attached hydrogen (secondary N) is 2. The zero-order valence-corrected chi connectivity index (χ0v) is 7.19. The maximum absolute atomic E-state index is 11.2. The van der Waals surface area contributed by atoms with Gasteiger partial charge in [-0.15, -0.1) is 0 Å². The number of carbonyl (C=O) groups excluding carboxylic acids is 1. The standard InChI is InChI=1S/C6H9N3O5/c10-2-1-7-6(12)5-4(3-11)8-14-9(5)13/h10-11H,1-3H2,(H-,7,8,12,13)/p+1. The summed E-state index contributed by atoms with van der Waals surface area (Å²) in [5.74, 6) is -0.719. The highest BCUT2D eigenvalue weighted by atomic mass is 16.7. The summed E-state index contributed by atoms with van der Waals surface area (Å²) in [6, 6.07) is 0. The largest absolute Gasteiger partial charge is 0.395 e. The zero-order valence-electron chi connectivity index (χ0n) is 7.19. The number of carbonyl (C=O) groups is 1. The summed E-state index contributed by atoms with van der Waals surface area (Å²) in [6.45, 7) is -0.726. The predicted molar refractivity (Wildman–Crippen MR) is 41.8 cm³/mol. The third-order valence-corrected chi connectivity index (χ3v) is 1.49. The predicted octanol–water partition coefficient (Wildman–Crippen LogP) is -2.26. The van der Waals surface area contributed by atoms with Crippen LogP contribution in [0.1, 0.15) is 16.2 Å². The highest BCUT2D eigenvalue weighted by Crippen LogP contribution is 1.98. The fraction of sp³-hybridized carbons (Fsp3) is 0.500. The molecule has 0 unspecified atom stereocenters. The number of nitrogens with zero attached hydrogens (tertiary/aromatic N) is 1. The highest BCUT2D eigenvalue weighted by Gasteiger charge is 2.26. The lowest BCUT2D eigenvalue weighted by Crippen LogP contribution is -2.33. The Morgan fingerprint density at radius 3 is 2.86 bits per heavy atom. The number of rotatable bonds is 4. The van der Waals surface area contributed by atoms with Crippen LogP contribution in [0.15, 0.2) is 4.63 Å². The van der Waals surface area contributed by atoms with Crippen LogP contribution in [0.25, 0.3) is 0 Å². The smallest absolute Gasteiger partial charge is 0.334 e. The first kappa shape index (κ1) is 10.4. The number of amides is 1. The van der Waals surface area contributed by atoms with Gasteiger partial charge in [-0.25, -0.2) is 0 Å². The normalized spacial score (nSPS) is 10.1. The first-order chi connectivity index (χ1) is 6.70. The Labute approximate surface area is 77.7 Å². The number of hydrogen-bond donors (Lipinski definition) is 4. The van der Waals surface area contributed by atoms with Crippen molar-refractivity contribution in [2.24, 2.45) is 0 Å². The van der Waals surface area contributed by atoms with Crippen molar-refractivity contribution < 1.29 is 24.2 Å². The lowest BCUT2D eigenvalue weighted by molar-refractivity contribution is -0.714. The molecule has 1 rings (SSSR count). The van der Waals surface area contributed by atoms with Gasteiger partial charge in [-0.1, -0.05) is 9.79 Å². The van der Waals surface area contributed by atoms with Crippen molar-refractivity contribution in [1.82, 2.24) is 10.5 Å². The van der Waals surface area contributed by atoms with Gasteiger partial charge in [0.1, 0.15) is 6.61 Å². The second-order valence-corrected chi connectivity index (χ2v) is 2.42. The van der Waals surface area contributed by atoms with E-state index in [1.54, 1.807) is 0 Å². The van der Waals surface area contributed by atoms with E-state index >= 15 is 0 Å². The molecule has 0 aromatic carbocycles. The molecule has 1 aromatic rings. The van der Waals surface area contributed by atoms with Crippen LogP contribution in [0.5, 0.6) is 0 Å². The van der Waals surface area contributed by atoms with Gasteiger partial charge < -0.3 is 15.5 Å². The number of aliphatic hydroxyl groups excluding tert-OH is 2. The monoisotopic (exact) mass is 204 g/mol. The molecule has 1 heterocycles. The summed E-state index contributed by atoms with van der Waals surface area (Å²) in [5.41, 5.74) is -0.364. The molecular formula is C6H10N3O5+. The van der Waals surface area contributed by atoms with E-state index in [0.717, 1.165) is 0 Å². The van der Waals surface area contributed by atoms with E-state index in [0.29, 0.717) is 0 Å². The van der Waals surface area contributed by atoms with Crippen LogP contribution in [0.4, 0.5) is 0 Å². The molecule has 8 nitrogen and oxygen atoms in total. The topological polar surface area (TPSA) is 121 Å². The number of H-pyrrole nitrogens is 1. The van der Waals surface area contributed by atoms with Crippen LogP contribution in [0.2, 0.25) is 0 Å². The number of aromatic amines is 1. The fourth-order valence-corrected chi connectivity index (χ4v) is 0.881. The average Bonchev–Trinajstić information content (AvgIpc) is 2.56. The Bertz CT molecular complexity index is 368. The van der Waals surface area contributed by atoms with E-state index in [2.05, 4.69) is 15.1 Å². The molecule has 4 N–H and O–H groups in total. The Morgan fingerprint density at radius 1 is 1.57 bits per heavy atom. The second kappa shape index (κ2) is 4.53. The minimum Gasteiger partial charge on any atom is -0.395 e. The minimum absolute atomic E-state index is 0.0181. The van der Waals surface area contributed by atoms with Crippen molar-refractivity contribution in [3.05, 3.63) is 16.3 Å². The first-order valence-corrected chi connectivity index (χ1v) is 3.84. The van der Waals surface area contributed by atoms with Crippen molar-refractivity contribution in [2.75, 3.05) is 13.2 Å². The van der Waals surface area contributed by atoms with E-state index in [4.69, 9.17) is 10.2 Å². The molecule has 0 aliphatic rings. The molecular weight excluding hydrogens is 194 g/mol. The van der Waals surface area contributed by atoms with E-state index in [1.165, 1.54) is 0 Å². The summed E-state index contributed by atoms with van der Waals surface area (Å²) in [6.07, 6.45) is 0. The van der Waals surface area contributed by atoms with Gasteiger partial charge in [-0.05, 0) is 4.91 Å². The molecule has 1 amide bonds. The molecule has 0 saturated carbocycles. The van der Waals surface area contributed by atoms with Crippen LogP contribution in [-0.4, -0.2) is 34.4 Å². The summed E-state index contributed by atoms with van der Waals surface area (Å²) < 4.78 is 4.20. The van der Waals surface area contributed by atoms with Crippen LogP contribution in [0, 0.1) is 4.91 Å². The van der Waals surface area contributed by atoms with Crippen LogP contribution in [0.3, 0.4) is 0 Å². The van der Waals surface area contributed by atoms with Crippen LogP contribution in [-0.2, 0) is 6.61 Å². The van der Waals surface area contributed by atoms with Gasteiger partial charge in [0, 0.05) is 6.54 Å². The molecule has 0 fully saturated rings. The van der Waals surface area contributed by atoms with E-state index < -0.39 is 12.5 Å². The quantitative estimate of drug-likeness (QED) is 0.441. The Kier molecular flexibility index (Phi) is 3.37. The zero-order chi connectivity index (χ0) is 10.6. The molecule has 78 valence electrons. The summed E-state index contributed by atoms with van der Waals surface area (Å²) in [5, 5.41) is 21.5. The first-order valence-electron chi connectivity index (χ1n) is 3.84. The van der Waals surface area contributed by atoms with E-state index in [9.17, 15) is 9.70 Å².